The summed E-state index contributed by atoms with van der Waals surface area (Å²) in [5, 5.41) is 1.81. The number of aromatic nitrogens is 2. The zero-order chi connectivity index (χ0) is 20.8. The predicted octanol–water partition coefficient (Wildman–Crippen LogP) is 2.45. The highest BCUT2D eigenvalue weighted by atomic mass is 32.2. The van der Waals surface area contributed by atoms with E-state index in [9.17, 15) is 22.4 Å². The maximum absolute atomic E-state index is 13.4. The Hall–Kier alpha value is -2.94. The van der Waals surface area contributed by atoms with Crippen LogP contribution >= 0.6 is 0 Å². The minimum atomic E-state index is -3.77. The molecule has 0 bridgehead atoms. The third kappa shape index (κ3) is 3.22. The number of fused-ring (bicyclic) bond motifs is 1. The van der Waals surface area contributed by atoms with Gasteiger partial charge in [0.25, 0.3) is 5.91 Å². The molecule has 0 aliphatic rings. The van der Waals surface area contributed by atoms with Gasteiger partial charge in [-0.05, 0) is 44.2 Å². The van der Waals surface area contributed by atoms with Crippen molar-refractivity contribution in [2.24, 2.45) is 14.1 Å². The van der Waals surface area contributed by atoms with Gasteiger partial charge in [-0.25, -0.2) is 17.6 Å². The van der Waals surface area contributed by atoms with E-state index in [0.29, 0.717) is 11.0 Å². The number of hydrogen-bond acceptors (Lipinski definition) is 4. The average Bonchev–Trinajstić information content (AvgIpc) is 2.85. The summed E-state index contributed by atoms with van der Waals surface area (Å²) < 4.78 is 41.9. The van der Waals surface area contributed by atoms with Gasteiger partial charge in [0, 0.05) is 19.7 Å². The molecule has 0 atom stereocenters. The number of aryl methyl sites for hydroxylation is 2. The van der Waals surface area contributed by atoms with E-state index in [4.69, 9.17) is 0 Å². The van der Waals surface area contributed by atoms with Crippen LogP contribution in [-0.4, -0.2) is 28.7 Å². The molecule has 0 fully saturated rings. The Morgan fingerprint density at radius 3 is 2.25 bits per heavy atom. The van der Waals surface area contributed by atoms with Crippen molar-refractivity contribution < 1.29 is 17.6 Å². The number of rotatable bonds is 4. The van der Waals surface area contributed by atoms with Gasteiger partial charge in [0.1, 0.15) is 5.82 Å². The molecule has 0 aliphatic heterocycles. The Morgan fingerprint density at radius 1 is 1.07 bits per heavy atom. The standard InChI is InChI=1S/C19H20FN3O4S/c1-11(2)28(26,27)17-10-16-15(22(3)19(25)23(16)4)9-14(17)21-18(24)12-6-5-7-13(20)8-12/h5-11H,1-4H3,(H,21,24). The number of imidazole rings is 1. The monoisotopic (exact) mass is 405 g/mol. The molecule has 0 spiro atoms. The van der Waals surface area contributed by atoms with E-state index in [2.05, 4.69) is 5.32 Å². The molecule has 148 valence electrons. The summed E-state index contributed by atoms with van der Waals surface area (Å²) in [5.74, 6) is -1.23. The van der Waals surface area contributed by atoms with Crippen LogP contribution < -0.4 is 11.0 Å². The molecule has 1 heterocycles. The van der Waals surface area contributed by atoms with Crippen molar-refractivity contribution in [1.29, 1.82) is 0 Å². The van der Waals surface area contributed by atoms with Gasteiger partial charge < -0.3 is 5.32 Å². The maximum Gasteiger partial charge on any atom is 0.328 e. The number of hydrogen-bond donors (Lipinski definition) is 1. The van der Waals surface area contributed by atoms with E-state index >= 15 is 0 Å². The van der Waals surface area contributed by atoms with Crippen molar-refractivity contribution in [2.75, 3.05) is 5.32 Å². The highest BCUT2D eigenvalue weighted by Crippen LogP contribution is 2.30. The fraction of sp³-hybridized carbons (Fsp3) is 0.263. The van der Waals surface area contributed by atoms with Crippen molar-refractivity contribution in [1.82, 2.24) is 9.13 Å². The molecule has 1 amide bonds. The summed E-state index contributed by atoms with van der Waals surface area (Å²) in [4.78, 5) is 24.7. The molecule has 0 unspecified atom stereocenters. The number of carbonyl (C=O) groups excluding carboxylic acids is 1. The molecule has 0 radical (unpaired) electrons. The summed E-state index contributed by atoms with van der Waals surface area (Å²) in [6.07, 6.45) is 0. The lowest BCUT2D eigenvalue weighted by atomic mass is 10.2. The molecule has 1 aromatic heterocycles. The quantitative estimate of drug-likeness (QED) is 0.722. The summed E-state index contributed by atoms with van der Waals surface area (Å²) in [6.45, 7) is 3.06. The van der Waals surface area contributed by atoms with Crippen LogP contribution in [0.5, 0.6) is 0 Å². The minimum Gasteiger partial charge on any atom is -0.321 e. The summed E-state index contributed by atoms with van der Waals surface area (Å²) in [6, 6.07) is 7.91. The van der Waals surface area contributed by atoms with Crippen LogP contribution in [0.2, 0.25) is 0 Å². The van der Waals surface area contributed by atoms with E-state index in [-0.39, 0.29) is 21.8 Å². The van der Waals surface area contributed by atoms with Gasteiger partial charge in [-0.15, -0.1) is 0 Å². The van der Waals surface area contributed by atoms with Gasteiger partial charge in [-0.1, -0.05) is 6.07 Å². The van der Waals surface area contributed by atoms with Crippen LogP contribution in [0.3, 0.4) is 0 Å². The van der Waals surface area contributed by atoms with Crippen molar-refractivity contribution in [3.63, 3.8) is 0 Å². The lowest BCUT2D eigenvalue weighted by molar-refractivity contribution is 0.102. The van der Waals surface area contributed by atoms with Crippen molar-refractivity contribution in [2.45, 2.75) is 24.0 Å². The van der Waals surface area contributed by atoms with Gasteiger partial charge in [-0.3, -0.25) is 13.9 Å². The Labute approximate surface area is 161 Å². The number of halogens is 1. The van der Waals surface area contributed by atoms with Crippen LogP contribution in [-0.2, 0) is 23.9 Å². The van der Waals surface area contributed by atoms with E-state index in [1.54, 1.807) is 14.1 Å². The average molecular weight is 405 g/mol. The lowest BCUT2D eigenvalue weighted by Crippen LogP contribution is -2.19. The van der Waals surface area contributed by atoms with Crippen molar-refractivity contribution in [3.8, 4) is 0 Å². The van der Waals surface area contributed by atoms with Gasteiger partial charge in [0.2, 0.25) is 0 Å². The van der Waals surface area contributed by atoms with Crippen LogP contribution in [0, 0.1) is 5.82 Å². The molecule has 2 aromatic carbocycles. The third-order valence-electron chi connectivity index (χ3n) is 4.64. The minimum absolute atomic E-state index is 0.0386. The molecule has 28 heavy (non-hydrogen) atoms. The van der Waals surface area contributed by atoms with E-state index in [0.717, 1.165) is 6.07 Å². The first-order chi connectivity index (χ1) is 13.0. The van der Waals surface area contributed by atoms with Gasteiger partial charge in [0.15, 0.2) is 9.84 Å². The van der Waals surface area contributed by atoms with Gasteiger partial charge >= 0.3 is 5.69 Å². The van der Waals surface area contributed by atoms with Gasteiger partial charge in [-0.2, -0.15) is 0 Å². The number of sulfone groups is 1. The van der Waals surface area contributed by atoms with Crippen molar-refractivity contribution in [3.05, 3.63) is 58.3 Å². The molecule has 3 aromatic rings. The summed E-state index contributed by atoms with van der Waals surface area (Å²) in [5.41, 5.74) is 0.656. The molecular formula is C19H20FN3O4S. The number of nitrogens with zero attached hydrogens (tertiary/aromatic N) is 2. The maximum atomic E-state index is 13.4. The van der Waals surface area contributed by atoms with E-state index in [1.165, 1.54) is 53.3 Å². The Kier molecular flexibility index (Phi) is 4.88. The topological polar surface area (TPSA) is 90.2 Å². The number of benzene rings is 2. The van der Waals surface area contributed by atoms with E-state index < -0.39 is 26.8 Å². The number of anilines is 1. The first-order valence-corrected chi connectivity index (χ1v) is 10.1. The fourth-order valence-electron chi connectivity index (χ4n) is 2.94. The second-order valence-corrected chi connectivity index (χ2v) is 9.27. The Morgan fingerprint density at radius 2 is 1.68 bits per heavy atom. The Bertz CT molecular complexity index is 1260. The van der Waals surface area contributed by atoms with Gasteiger partial charge in [0.05, 0.1) is 26.9 Å². The first-order valence-electron chi connectivity index (χ1n) is 8.54. The predicted molar refractivity (Wildman–Crippen MR) is 105 cm³/mol. The number of nitrogens with one attached hydrogen (secondary N) is 1. The lowest BCUT2D eigenvalue weighted by Gasteiger charge is -2.15. The number of carbonyl (C=O) groups is 1. The molecular weight excluding hydrogens is 385 g/mol. The normalized spacial score (nSPS) is 11.9. The highest BCUT2D eigenvalue weighted by Gasteiger charge is 2.26. The largest absolute Gasteiger partial charge is 0.328 e. The van der Waals surface area contributed by atoms with Crippen LogP contribution in [0.4, 0.5) is 10.1 Å². The van der Waals surface area contributed by atoms with Crippen LogP contribution in [0.15, 0.2) is 46.1 Å². The third-order valence-corrected chi connectivity index (χ3v) is 6.83. The number of amides is 1. The molecule has 0 saturated carbocycles. The highest BCUT2D eigenvalue weighted by molar-refractivity contribution is 7.92. The van der Waals surface area contributed by atoms with Crippen molar-refractivity contribution >= 4 is 32.5 Å². The first kappa shape index (κ1) is 19.8. The molecule has 0 saturated heterocycles. The molecule has 7 nitrogen and oxygen atoms in total. The summed E-state index contributed by atoms with van der Waals surface area (Å²) in [7, 11) is -0.671. The van der Waals surface area contributed by atoms with E-state index in [1.807, 2.05) is 0 Å². The second-order valence-electron chi connectivity index (χ2n) is 6.80. The molecule has 0 aliphatic carbocycles. The van der Waals surface area contributed by atoms with Crippen LogP contribution in [0.25, 0.3) is 11.0 Å². The second kappa shape index (κ2) is 6.90. The molecule has 9 heteroatoms. The fourth-order valence-corrected chi connectivity index (χ4v) is 4.14. The zero-order valence-electron chi connectivity index (χ0n) is 15.9. The Balaban J connectivity index is 2.23. The molecule has 3 rings (SSSR count). The SMILES string of the molecule is CC(C)S(=O)(=O)c1cc2c(cc1NC(=O)c1cccc(F)c1)n(C)c(=O)n2C. The molecule has 1 N–H and O–H groups in total. The smallest absolute Gasteiger partial charge is 0.321 e. The summed E-state index contributed by atoms with van der Waals surface area (Å²) >= 11 is 0. The zero-order valence-corrected chi connectivity index (χ0v) is 16.7. The van der Waals surface area contributed by atoms with Crippen LogP contribution in [0.1, 0.15) is 24.2 Å².